The highest BCUT2D eigenvalue weighted by Gasteiger charge is 2.11. The summed E-state index contributed by atoms with van der Waals surface area (Å²) in [4.78, 5) is 0.749. The van der Waals surface area contributed by atoms with E-state index in [1.54, 1.807) is 13.1 Å². The molecule has 0 unspecified atom stereocenters. The molecule has 2 nitrogen and oxygen atoms in total. The number of hydrogen-bond acceptors (Lipinski definition) is 3. The number of nitrogens with zero attached hydrogens (tertiary/aromatic N) is 1. The van der Waals surface area contributed by atoms with E-state index in [-0.39, 0.29) is 0 Å². The lowest BCUT2D eigenvalue weighted by molar-refractivity contribution is 0.906. The van der Waals surface area contributed by atoms with Crippen molar-refractivity contribution < 1.29 is 0 Å². The first-order chi connectivity index (χ1) is 4.74. The van der Waals surface area contributed by atoms with Crippen LogP contribution >= 0.6 is 11.8 Å². The zero-order chi connectivity index (χ0) is 7.56. The smallest absolute Gasteiger partial charge is 0.126 e. The number of allylic oxidation sites excluding steroid dienone is 1. The molecule has 1 N–H and O–H groups in total. The topological polar surface area (TPSA) is 24.4 Å². The van der Waals surface area contributed by atoms with Crippen molar-refractivity contribution in [2.24, 2.45) is 5.10 Å². The molecule has 0 amide bonds. The summed E-state index contributed by atoms with van der Waals surface area (Å²) >= 11 is 1.43. The van der Waals surface area contributed by atoms with Gasteiger partial charge in [0.25, 0.3) is 0 Å². The van der Waals surface area contributed by atoms with E-state index in [1.165, 1.54) is 11.8 Å². The monoisotopic (exact) mass is 150 g/mol. The summed E-state index contributed by atoms with van der Waals surface area (Å²) in [6.45, 7) is 3.76. The molecule has 0 aromatic rings. The lowest BCUT2D eigenvalue weighted by Crippen LogP contribution is -1.99. The molecule has 0 saturated heterocycles. The lowest BCUT2D eigenvalue weighted by atomic mass is 10.1. The van der Waals surface area contributed by atoms with Crippen molar-refractivity contribution in [2.45, 2.75) is 0 Å². The lowest BCUT2D eigenvalue weighted by Gasteiger charge is -1.94. The molecule has 0 saturated carbocycles. The highest BCUT2D eigenvalue weighted by molar-refractivity contribution is 8.19. The van der Waals surface area contributed by atoms with Crippen LogP contribution < -0.4 is 5.43 Å². The van der Waals surface area contributed by atoms with Crippen molar-refractivity contribution >= 4 is 24.7 Å². The van der Waals surface area contributed by atoms with Gasteiger partial charge in [0.05, 0.1) is 0 Å². The van der Waals surface area contributed by atoms with Crippen LogP contribution in [0.2, 0.25) is 0 Å². The summed E-state index contributed by atoms with van der Waals surface area (Å²) < 4.78 is 0. The Labute approximate surface area is 65.9 Å². The molecule has 10 heavy (non-hydrogen) atoms. The largest absolute Gasteiger partial charge is 0.312 e. The molecule has 1 heterocycles. The number of hydrogen-bond donors (Lipinski definition) is 1. The highest BCUT2D eigenvalue weighted by Crippen LogP contribution is 2.27. The first-order valence-electron chi connectivity index (χ1n) is 2.83. The third kappa shape index (κ3) is 1.45. The summed E-state index contributed by atoms with van der Waals surface area (Å²) in [6.07, 6.45) is 1.81. The van der Waals surface area contributed by atoms with Gasteiger partial charge in [-0.05, 0) is 0 Å². The summed E-state index contributed by atoms with van der Waals surface area (Å²) in [5, 5.41) is 4.80. The Balaban J connectivity index is 2.73. The minimum Gasteiger partial charge on any atom is -0.312 e. The van der Waals surface area contributed by atoms with Gasteiger partial charge in [0, 0.05) is 12.6 Å². The van der Waals surface area contributed by atoms with Gasteiger partial charge in [-0.1, -0.05) is 29.2 Å². The average molecular weight is 150 g/mol. The molecule has 1 aliphatic heterocycles. The second-order valence-corrected chi connectivity index (χ2v) is 2.88. The molecule has 0 aromatic heterocycles. The van der Waals surface area contributed by atoms with Gasteiger partial charge in [-0.25, -0.2) is 0 Å². The van der Waals surface area contributed by atoms with Gasteiger partial charge < -0.3 is 5.43 Å². The number of rotatable bonds is 1. The van der Waals surface area contributed by atoms with Crippen molar-refractivity contribution in [1.82, 2.24) is 5.43 Å². The van der Waals surface area contributed by atoms with Crippen LogP contribution in [-0.2, 0) is 0 Å². The minimum atomic E-state index is 0.749. The van der Waals surface area contributed by atoms with Crippen molar-refractivity contribution in [3.05, 3.63) is 23.0 Å². The van der Waals surface area contributed by atoms with Crippen molar-refractivity contribution in [1.29, 1.82) is 0 Å². The van der Waals surface area contributed by atoms with Gasteiger partial charge in [0.1, 0.15) is 12.9 Å². The molecule has 50 valence electrons. The molecule has 4 heteroatoms. The van der Waals surface area contributed by atoms with Gasteiger partial charge in [0.15, 0.2) is 0 Å². The van der Waals surface area contributed by atoms with E-state index < -0.39 is 0 Å². The normalized spacial score (nSPS) is 21.5. The van der Waals surface area contributed by atoms with E-state index in [4.69, 9.17) is 7.85 Å². The van der Waals surface area contributed by atoms with Crippen LogP contribution in [0.1, 0.15) is 0 Å². The maximum atomic E-state index is 5.50. The second-order valence-electron chi connectivity index (χ2n) is 1.81. The zero-order valence-electron chi connectivity index (χ0n) is 5.72. The third-order valence-corrected chi connectivity index (χ3v) is 1.92. The van der Waals surface area contributed by atoms with Crippen LogP contribution in [-0.4, -0.2) is 19.9 Å². The van der Waals surface area contributed by atoms with Crippen LogP contribution in [0.4, 0.5) is 0 Å². The number of thioether (sulfide) groups is 1. The molecule has 0 aliphatic carbocycles. The second kappa shape index (κ2) is 2.97. The van der Waals surface area contributed by atoms with Crippen LogP contribution in [0.15, 0.2) is 28.1 Å². The SMILES string of the molecule is [B]C1=CC(=C)/C(=N\NC)S1. The Morgan fingerprint density at radius 2 is 2.50 bits per heavy atom. The van der Waals surface area contributed by atoms with Gasteiger partial charge >= 0.3 is 0 Å². The highest BCUT2D eigenvalue weighted by atomic mass is 32.2. The molecule has 2 radical (unpaired) electrons. The van der Waals surface area contributed by atoms with E-state index in [1.807, 2.05) is 0 Å². The van der Waals surface area contributed by atoms with Gasteiger partial charge in [0.2, 0.25) is 0 Å². The van der Waals surface area contributed by atoms with Crippen molar-refractivity contribution in [2.75, 3.05) is 7.05 Å². The first kappa shape index (κ1) is 7.47. The molecule has 1 aliphatic rings. The quantitative estimate of drug-likeness (QED) is 0.442. The fraction of sp³-hybridized carbons (Fsp3) is 0.167. The first-order valence-corrected chi connectivity index (χ1v) is 3.64. The van der Waals surface area contributed by atoms with E-state index in [0.29, 0.717) is 0 Å². The maximum absolute atomic E-state index is 5.50. The van der Waals surface area contributed by atoms with Crippen molar-refractivity contribution in [3.63, 3.8) is 0 Å². The fourth-order valence-corrected chi connectivity index (χ4v) is 1.39. The molecule has 0 spiro atoms. The summed E-state index contributed by atoms with van der Waals surface area (Å²) in [5.74, 6) is 0. The third-order valence-electron chi connectivity index (χ3n) is 1.02. The molecule has 0 atom stereocenters. The minimum absolute atomic E-state index is 0.749. The fourth-order valence-electron chi connectivity index (χ4n) is 0.636. The molecule has 0 fully saturated rings. The average Bonchev–Trinajstić information content (AvgIpc) is 2.13. The predicted octanol–water partition coefficient (Wildman–Crippen LogP) is 0.832. The number of nitrogens with one attached hydrogen (secondary N) is 1. The van der Waals surface area contributed by atoms with E-state index in [2.05, 4.69) is 17.1 Å². The Kier molecular flexibility index (Phi) is 2.22. The van der Waals surface area contributed by atoms with Crippen molar-refractivity contribution in [3.8, 4) is 0 Å². The van der Waals surface area contributed by atoms with Crippen LogP contribution in [0.3, 0.4) is 0 Å². The molecular weight excluding hydrogens is 143 g/mol. The van der Waals surface area contributed by atoms with Crippen LogP contribution in [0.5, 0.6) is 0 Å². The van der Waals surface area contributed by atoms with Gasteiger partial charge in [-0.15, -0.1) is 0 Å². The molecule has 0 aromatic carbocycles. The Hall–Kier alpha value is -0.635. The van der Waals surface area contributed by atoms with Crippen LogP contribution in [0.25, 0.3) is 0 Å². The Morgan fingerprint density at radius 3 is 2.90 bits per heavy atom. The van der Waals surface area contributed by atoms with Gasteiger partial charge in [-0.2, -0.15) is 5.10 Å². The molecular formula is C6H7BN2S. The molecule has 0 bridgehead atoms. The van der Waals surface area contributed by atoms with E-state index >= 15 is 0 Å². The van der Waals surface area contributed by atoms with E-state index in [9.17, 15) is 0 Å². The Bertz CT molecular complexity index is 220. The maximum Gasteiger partial charge on any atom is 0.126 e. The molecule has 1 rings (SSSR count). The zero-order valence-corrected chi connectivity index (χ0v) is 6.53. The summed E-state index contributed by atoms with van der Waals surface area (Å²) in [5.41, 5.74) is 3.55. The van der Waals surface area contributed by atoms with Crippen LogP contribution in [0, 0.1) is 0 Å². The summed E-state index contributed by atoms with van der Waals surface area (Å²) in [6, 6.07) is 0. The summed E-state index contributed by atoms with van der Waals surface area (Å²) in [7, 11) is 7.25. The van der Waals surface area contributed by atoms with Gasteiger partial charge in [-0.3, -0.25) is 0 Å². The van der Waals surface area contributed by atoms with E-state index in [0.717, 1.165) is 15.4 Å². The Morgan fingerprint density at radius 1 is 1.80 bits per heavy atom. The predicted molar refractivity (Wildman–Crippen MR) is 47.1 cm³/mol. The standard InChI is InChI=1S/C6H7BN2S/c1-4-3-5(7)10-6(4)9-8-2/h3,8H,1H2,2H3/b9-6+. The number of hydrazone groups is 1.